The first-order valence-electron chi connectivity index (χ1n) is 6.73. The first-order chi connectivity index (χ1) is 9.20. The first-order valence-corrected chi connectivity index (χ1v) is 6.73. The number of hydrogen-bond donors (Lipinski definition) is 1. The highest BCUT2D eigenvalue weighted by Crippen LogP contribution is 2.20. The number of ether oxygens (including phenoxy) is 2. The predicted molar refractivity (Wildman–Crippen MR) is 80.9 cm³/mol. The molecule has 1 aromatic rings. The van der Waals surface area contributed by atoms with Gasteiger partial charge in [-0.15, -0.1) is 12.4 Å². The normalized spacial score (nSPS) is 18.0. The van der Waals surface area contributed by atoms with Crippen molar-refractivity contribution in [2.75, 3.05) is 26.8 Å². The average Bonchev–Trinajstić information content (AvgIpc) is 2.46. The molecule has 1 heterocycles. The molecule has 1 atom stereocenters. The van der Waals surface area contributed by atoms with Crippen molar-refractivity contribution < 1.29 is 14.3 Å². The topological polar surface area (TPSA) is 47.6 Å². The van der Waals surface area contributed by atoms with Crippen LogP contribution in [0.1, 0.15) is 28.8 Å². The summed E-state index contributed by atoms with van der Waals surface area (Å²) in [6, 6.07) is 5.55. The molecule has 1 unspecified atom stereocenters. The molecule has 2 rings (SSSR count). The van der Waals surface area contributed by atoms with Gasteiger partial charge < -0.3 is 14.8 Å². The SMILES string of the molecule is COC(=O)c1cc(OCC2CCCNC2)ccc1C.Cl. The van der Waals surface area contributed by atoms with Gasteiger partial charge in [0.2, 0.25) is 0 Å². The first kappa shape index (κ1) is 16.8. The number of carbonyl (C=O) groups excluding carboxylic acids is 1. The minimum atomic E-state index is -0.317. The second-order valence-electron chi connectivity index (χ2n) is 4.99. The van der Waals surface area contributed by atoms with E-state index in [-0.39, 0.29) is 18.4 Å². The summed E-state index contributed by atoms with van der Waals surface area (Å²) in [5, 5.41) is 3.36. The Kier molecular flexibility index (Phi) is 6.82. The summed E-state index contributed by atoms with van der Waals surface area (Å²) in [6.07, 6.45) is 2.40. The molecular weight excluding hydrogens is 278 g/mol. The Morgan fingerprint density at radius 2 is 2.25 bits per heavy atom. The number of benzene rings is 1. The van der Waals surface area contributed by atoms with Gasteiger partial charge >= 0.3 is 5.97 Å². The molecule has 0 aliphatic carbocycles. The fourth-order valence-corrected chi connectivity index (χ4v) is 2.30. The molecule has 1 aliphatic heterocycles. The van der Waals surface area contributed by atoms with E-state index >= 15 is 0 Å². The van der Waals surface area contributed by atoms with E-state index in [1.165, 1.54) is 20.0 Å². The molecule has 0 radical (unpaired) electrons. The Morgan fingerprint density at radius 3 is 2.90 bits per heavy atom. The molecule has 4 nitrogen and oxygen atoms in total. The third kappa shape index (κ3) is 4.39. The van der Waals surface area contributed by atoms with Gasteiger partial charge in [0.05, 0.1) is 19.3 Å². The number of halogens is 1. The summed E-state index contributed by atoms with van der Waals surface area (Å²) in [7, 11) is 1.39. The minimum absolute atomic E-state index is 0. The van der Waals surface area contributed by atoms with Crippen molar-refractivity contribution in [1.29, 1.82) is 0 Å². The van der Waals surface area contributed by atoms with Crippen molar-refractivity contribution in [2.45, 2.75) is 19.8 Å². The van der Waals surface area contributed by atoms with Crippen LogP contribution in [0.25, 0.3) is 0 Å². The quantitative estimate of drug-likeness (QED) is 0.868. The van der Waals surface area contributed by atoms with Gasteiger partial charge in [-0.05, 0) is 44.0 Å². The van der Waals surface area contributed by atoms with Gasteiger partial charge in [-0.25, -0.2) is 4.79 Å². The number of hydrogen-bond acceptors (Lipinski definition) is 4. The number of aryl methyl sites for hydroxylation is 1. The van der Waals surface area contributed by atoms with E-state index < -0.39 is 0 Å². The second kappa shape index (κ2) is 8.12. The monoisotopic (exact) mass is 299 g/mol. The fourth-order valence-electron chi connectivity index (χ4n) is 2.30. The summed E-state index contributed by atoms with van der Waals surface area (Å²) >= 11 is 0. The van der Waals surface area contributed by atoms with Crippen molar-refractivity contribution in [3.63, 3.8) is 0 Å². The Balaban J connectivity index is 0.00000200. The summed E-state index contributed by atoms with van der Waals surface area (Å²) in [5.74, 6) is 0.968. The number of nitrogens with one attached hydrogen (secondary N) is 1. The van der Waals surface area contributed by atoms with Gasteiger partial charge in [0.15, 0.2) is 0 Å². The van der Waals surface area contributed by atoms with Crippen molar-refractivity contribution in [3.8, 4) is 5.75 Å². The molecule has 0 spiro atoms. The maximum atomic E-state index is 11.6. The third-order valence-electron chi connectivity index (χ3n) is 3.50. The number of carbonyl (C=O) groups is 1. The third-order valence-corrected chi connectivity index (χ3v) is 3.50. The average molecular weight is 300 g/mol. The van der Waals surface area contributed by atoms with Gasteiger partial charge in [-0.3, -0.25) is 0 Å². The van der Waals surface area contributed by atoms with E-state index in [0.29, 0.717) is 18.1 Å². The Hall–Kier alpha value is -1.26. The van der Waals surface area contributed by atoms with Crippen molar-refractivity contribution >= 4 is 18.4 Å². The molecule has 1 saturated heterocycles. The van der Waals surface area contributed by atoms with E-state index in [9.17, 15) is 4.79 Å². The molecule has 0 bridgehead atoms. The Bertz CT molecular complexity index is 445. The van der Waals surface area contributed by atoms with Gasteiger partial charge in [0.25, 0.3) is 0 Å². The molecule has 0 aromatic heterocycles. The zero-order valence-corrected chi connectivity index (χ0v) is 12.8. The van der Waals surface area contributed by atoms with Crippen molar-refractivity contribution in [2.24, 2.45) is 5.92 Å². The summed E-state index contributed by atoms with van der Waals surface area (Å²) < 4.78 is 10.6. The van der Waals surface area contributed by atoms with E-state index in [2.05, 4.69) is 5.32 Å². The zero-order chi connectivity index (χ0) is 13.7. The maximum Gasteiger partial charge on any atom is 0.338 e. The van der Waals surface area contributed by atoms with Crippen LogP contribution in [-0.4, -0.2) is 32.8 Å². The van der Waals surface area contributed by atoms with Crippen LogP contribution in [0, 0.1) is 12.8 Å². The highest BCUT2D eigenvalue weighted by molar-refractivity contribution is 5.91. The van der Waals surface area contributed by atoms with Crippen LogP contribution in [-0.2, 0) is 4.74 Å². The predicted octanol–water partition coefficient (Wildman–Crippen LogP) is 2.58. The van der Waals surface area contributed by atoms with Crippen molar-refractivity contribution in [3.05, 3.63) is 29.3 Å². The van der Waals surface area contributed by atoms with Crippen LogP contribution in [0.5, 0.6) is 5.75 Å². The number of esters is 1. The molecule has 1 fully saturated rings. The molecule has 5 heteroatoms. The molecule has 112 valence electrons. The van der Waals surface area contributed by atoms with Crippen LogP contribution in [0.4, 0.5) is 0 Å². The second-order valence-corrected chi connectivity index (χ2v) is 4.99. The van der Waals surface area contributed by atoms with Crippen LogP contribution >= 0.6 is 12.4 Å². The summed E-state index contributed by atoms with van der Waals surface area (Å²) in [4.78, 5) is 11.6. The molecular formula is C15H22ClNO3. The molecule has 20 heavy (non-hydrogen) atoms. The molecule has 1 aromatic carbocycles. The lowest BCUT2D eigenvalue weighted by molar-refractivity contribution is 0.0599. The van der Waals surface area contributed by atoms with Gasteiger partial charge in [-0.1, -0.05) is 6.07 Å². The van der Waals surface area contributed by atoms with Crippen LogP contribution in [0.15, 0.2) is 18.2 Å². The molecule has 1 aliphatic rings. The number of rotatable bonds is 4. The fraction of sp³-hybridized carbons (Fsp3) is 0.533. The summed E-state index contributed by atoms with van der Waals surface area (Å²) in [6.45, 7) is 4.70. The molecule has 0 saturated carbocycles. The number of piperidine rings is 1. The van der Waals surface area contributed by atoms with Gasteiger partial charge in [-0.2, -0.15) is 0 Å². The largest absolute Gasteiger partial charge is 0.493 e. The van der Waals surface area contributed by atoms with E-state index in [1.54, 1.807) is 6.07 Å². The summed E-state index contributed by atoms with van der Waals surface area (Å²) in [5.41, 5.74) is 1.47. The van der Waals surface area contributed by atoms with Crippen LogP contribution in [0.3, 0.4) is 0 Å². The van der Waals surface area contributed by atoms with Gasteiger partial charge in [0.1, 0.15) is 5.75 Å². The van der Waals surface area contributed by atoms with Gasteiger partial charge in [0, 0.05) is 12.5 Å². The van der Waals surface area contributed by atoms with E-state index in [4.69, 9.17) is 9.47 Å². The zero-order valence-electron chi connectivity index (χ0n) is 12.0. The lowest BCUT2D eigenvalue weighted by atomic mass is 10.0. The standard InChI is InChI=1S/C15H21NO3.ClH/c1-11-5-6-13(8-14(11)15(17)18-2)19-10-12-4-3-7-16-9-12;/h5-6,8,12,16H,3-4,7,9-10H2,1-2H3;1H. The Labute approximate surface area is 126 Å². The number of methoxy groups -OCH3 is 1. The maximum absolute atomic E-state index is 11.6. The van der Waals surface area contributed by atoms with Crippen LogP contribution in [0.2, 0.25) is 0 Å². The smallest absolute Gasteiger partial charge is 0.338 e. The van der Waals surface area contributed by atoms with E-state index in [0.717, 1.165) is 24.4 Å². The van der Waals surface area contributed by atoms with Crippen LogP contribution < -0.4 is 10.1 Å². The van der Waals surface area contributed by atoms with Crippen molar-refractivity contribution in [1.82, 2.24) is 5.32 Å². The highest BCUT2D eigenvalue weighted by Gasteiger charge is 2.15. The minimum Gasteiger partial charge on any atom is -0.493 e. The molecule has 1 N–H and O–H groups in total. The molecule has 0 amide bonds. The highest BCUT2D eigenvalue weighted by atomic mass is 35.5. The van der Waals surface area contributed by atoms with E-state index in [1.807, 2.05) is 19.1 Å². The lowest BCUT2D eigenvalue weighted by Crippen LogP contribution is -2.33. The lowest BCUT2D eigenvalue weighted by Gasteiger charge is -2.22. The Morgan fingerprint density at radius 1 is 1.45 bits per heavy atom.